The fourth-order valence-corrected chi connectivity index (χ4v) is 5.62. The maximum Gasteiger partial charge on any atom is 0.271 e. The Kier molecular flexibility index (Phi) is 5.99. The summed E-state index contributed by atoms with van der Waals surface area (Å²) in [6.07, 6.45) is 5.92. The summed E-state index contributed by atoms with van der Waals surface area (Å²) in [6.45, 7) is 4.52. The lowest BCUT2D eigenvalue weighted by molar-refractivity contribution is -0.134. The number of ether oxygens (including phenoxy) is 2. The van der Waals surface area contributed by atoms with Gasteiger partial charge in [0.25, 0.3) is 5.91 Å². The van der Waals surface area contributed by atoms with Crippen molar-refractivity contribution in [3.05, 3.63) is 48.0 Å². The van der Waals surface area contributed by atoms with Crippen LogP contribution in [0.4, 0.5) is 0 Å². The van der Waals surface area contributed by atoms with Gasteiger partial charge in [-0.15, -0.1) is 0 Å². The number of carbonyl (C=O) groups excluding carboxylic acids is 2. The van der Waals surface area contributed by atoms with E-state index in [2.05, 4.69) is 12.2 Å². The normalized spacial score (nSPS) is 24.3. The number of fused-ring (bicyclic) bond motifs is 3. The summed E-state index contributed by atoms with van der Waals surface area (Å²) < 4.78 is 18.7. The molecular weight excluding hydrogens is 446 g/mol. The van der Waals surface area contributed by atoms with Crippen LogP contribution in [0.5, 0.6) is 11.5 Å². The number of aromatic nitrogens is 1. The lowest BCUT2D eigenvalue weighted by Gasteiger charge is -2.45. The second kappa shape index (κ2) is 8.98. The van der Waals surface area contributed by atoms with Gasteiger partial charge in [-0.05, 0) is 56.0 Å². The van der Waals surface area contributed by atoms with E-state index < -0.39 is 5.54 Å². The molecule has 1 saturated carbocycles. The van der Waals surface area contributed by atoms with E-state index in [-0.39, 0.29) is 30.9 Å². The van der Waals surface area contributed by atoms with Crippen LogP contribution in [0.3, 0.4) is 0 Å². The standard InChI is InChI=1S/C27H33N3O5/c1-17-8-5-6-10-20(17)28-26(32)27(2)16-29-21(25(31)30(27)15-18-9-7-13-35-18)14-19-22(33-3)11-12-23(34-4)24(19)29/h7,9,11-14,17,20H,5-6,8,10,15-16H2,1-4H3,(H,28,32)/t17-,20+,27+/m0/s1. The molecule has 0 spiro atoms. The molecule has 2 aliphatic rings. The molecule has 1 aliphatic carbocycles. The number of carbonyl (C=O) groups is 2. The van der Waals surface area contributed by atoms with Crippen LogP contribution in [0.15, 0.2) is 41.0 Å². The lowest BCUT2D eigenvalue weighted by atomic mass is 9.85. The van der Waals surface area contributed by atoms with Crippen molar-refractivity contribution in [3.8, 4) is 11.5 Å². The average Bonchev–Trinajstić information content (AvgIpc) is 3.51. The predicted octanol–water partition coefficient (Wildman–Crippen LogP) is 4.36. The van der Waals surface area contributed by atoms with Gasteiger partial charge in [-0.2, -0.15) is 0 Å². The summed E-state index contributed by atoms with van der Waals surface area (Å²) in [5, 5.41) is 4.08. The van der Waals surface area contributed by atoms with Crippen molar-refractivity contribution >= 4 is 22.7 Å². The maximum absolute atomic E-state index is 14.0. The van der Waals surface area contributed by atoms with Gasteiger partial charge in [-0.25, -0.2) is 0 Å². The highest BCUT2D eigenvalue weighted by atomic mass is 16.5. The monoisotopic (exact) mass is 479 g/mol. The van der Waals surface area contributed by atoms with Gasteiger partial charge in [-0.3, -0.25) is 9.59 Å². The molecule has 2 amide bonds. The minimum Gasteiger partial charge on any atom is -0.496 e. The van der Waals surface area contributed by atoms with Crippen molar-refractivity contribution in [2.75, 3.05) is 14.2 Å². The van der Waals surface area contributed by atoms with E-state index in [1.165, 1.54) is 6.42 Å². The van der Waals surface area contributed by atoms with Gasteiger partial charge >= 0.3 is 0 Å². The van der Waals surface area contributed by atoms with Crippen LogP contribution < -0.4 is 14.8 Å². The number of hydrogen-bond donors (Lipinski definition) is 1. The molecule has 3 atom stereocenters. The number of nitrogens with one attached hydrogen (secondary N) is 1. The van der Waals surface area contributed by atoms with Crippen molar-refractivity contribution in [1.82, 2.24) is 14.8 Å². The van der Waals surface area contributed by atoms with E-state index in [4.69, 9.17) is 13.9 Å². The third-order valence-corrected chi connectivity index (χ3v) is 7.76. The minimum atomic E-state index is -1.13. The van der Waals surface area contributed by atoms with E-state index >= 15 is 0 Å². The van der Waals surface area contributed by atoms with Crippen molar-refractivity contribution in [1.29, 1.82) is 0 Å². The summed E-state index contributed by atoms with van der Waals surface area (Å²) in [5.74, 6) is 1.93. The Morgan fingerprint density at radius 1 is 1.17 bits per heavy atom. The zero-order chi connectivity index (χ0) is 24.7. The predicted molar refractivity (Wildman–Crippen MR) is 132 cm³/mol. The van der Waals surface area contributed by atoms with Crippen LogP contribution in [0.25, 0.3) is 10.9 Å². The van der Waals surface area contributed by atoms with E-state index in [9.17, 15) is 9.59 Å². The Labute approximate surface area is 205 Å². The van der Waals surface area contributed by atoms with Crippen LogP contribution in [0.2, 0.25) is 0 Å². The molecular formula is C27H33N3O5. The zero-order valence-corrected chi connectivity index (χ0v) is 20.8. The average molecular weight is 480 g/mol. The summed E-state index contributed by atoms with van der Waals surface area (Å²) >= 11 is 0. The number of rotatable bonds is 6. The first-order chi connectivity index (χ1) is 16.9. The molecule has 2 aromatic heterocycles. The second-order valence-corrected chi connectivity index (χ2v) is 9.93. The third-order valence-electron chi connectivity index (χ3n) is 7.76. The SMILES string of the molecule is COc1ccc(OC)c2c1cc1n2C[C@](C)(C(=O)N[C@@H]2CCCC[C@@H]2C)N(Cc2ccco2)C1=O. The lowest BCUT2D eigenvalue weighted by Crippen LogP contribution is -2.65. The highest BCUT2D eigenvalue weighted by Gasteiger charge is 2.49. The molecule has 8 nitrogen and oxygen atoms in total. The number of nitrogens with zero attached hydrogens (tertiary/aromatic N) is 2. The largest absolute Gasteiger partial charge is 0.496 e. The molecule has 8 heteroatoms. The van der Waals surface area contributed by atoms with Gasteiger partial charge < -0.3 is 28.7 Å². The molecule has 0 unspecified atom stereocenters. The summed E-state index contributed by atoms with van der Waals surface area (Å²) in [7, 11) is 3.21. The Bertz CT molecular complexity index is 1250. The number of benzene rings is 1. The maximum atomic E-state index is 14.0. The first-order valence-corrected chi connectivity index (χ1v) is 12.3. The summed E-state index contributed by atoms with van der Waals surface area (Å²) in [6, 6.07) is 9.20. The van der Waals surface area contributed by atoms with Gasteiger partial charge in [0.2, 0.25) is 5.91 Å². The van der Waals surface area contributed by atoms with E-state index in [1.807, 2.05) is 35.8 Å². The van der Waals surface area contributed by atoms with Crippen LogP contribution in [0.1, 0.15) is 55.8 Å². The molecule has 1 aromatic carbocycles. The van der Waals surface area contributed by atoms with Gasteiger partial charge in [0.05, 0.1) is 39.1 Å². The molecule has 1 aliphatic heterocycles. The summed E-state index contributed by atoms with van der Waals surface area (Å²) in [4.78, 5) is 29.6. The molecule has 0 radical (unpaired) electrons. The molecule has 0 bridgehead atoms. The Morgan fingerprint density at radius 3 is 2.60 bits per heavy atom. The van der Waals surface area contributed by atoms with Crippen molar-refractivity contribution in [3.63, 3.8) is 0 Å². The van der Waals surface area contributed by atoms with Crippen LogP contribution in [-0.2, 0) is 17.9 Å². The zero-order valence-electron chi connectivity index (χ0n) is 20.8. The fourth-order valence-electron chi connectivity index (χ4n) is 5.62. The van der Waals surface area contributed by atoms with E-state index in [1.54, 1.807) is 31.4 Å². The van der Waals surface area contributed by atoms with Gasteiger partial charge in [-0.1, -0.05) is 19.8 Å². The molecule has 1 N–H and O–H groups in total. The Hall–Kier alpha value is -3.42. The number of furan rings is 1. The molecule has 186 valence electrons. The number of amides is 2. The molecule has 3 aromatic rings. The topological polar surface area (TPSA) is 85.9 Å². The highest BCUT2D eigenvalue weighted by Crippen LogP contribution is 2.40. The molecule has 0 saturated heterocycles. The smallest absolute Gasteiger partial charge is 0.271 e. The van der Waals surface area contributed by atoms with Crippen LogP contribution in [-0.4, -0.2) is 47.1 Å². The first-order valence-electron chi connectivity index (χ1n) is 12.3. The van der Waals surface area contributed by atoms with E-state index in [0.29, 0.717) is 28.9 Å². The van der Waals surface area contributed by atoms with Crippen LogP contribution in [0, 0.1) is 5.92 Å². The molecule has 5 rings (SSSR count). The molecule has 1 fully saturated rings. The second-order valence-electron chi connectivity index (χ2n) is 9.93. The molecule has 3 heterocycles. The molecule has 35 heavy (non-hydrogen) atoms. The summed E-state index contributed by atoms with van der Waals surface area (Å²) in [5.41, 5.74) is 0.109. The third kappa shape index (κ3) is 3.85. The van der Waals surface area contributed by atoms with E-state index in [0.717, 1.165) is 30.2 Å². The van der Waals surface area contributed by atoms with Crippen molar-refractivity contribution < 1.29 is 23.5 Å². The first kappa shape index (κ1) is 23.3. The van der Waals surface area contributed by atoms with Crippen molar-refractivity contribution in [2.24, 2.45) is 5.92 Å². The van der Waals surface area contributed by atoms with Crippen molar-refractivity contribution in [2.45, 2.75) is 64.2 Å². The van der Waals surface area contributed by atoms with Crippen LogP contribution >= 0.6 is 0 Å². The highest BCUT2D eigenvalue weighted by molar-refractivity contribution is 6.05. The fraction of sp³-hybridized carbons (Fsp3) is 0.481. The Morgan fingerprint density at radius 2 is 1.91 bits per heavy atom. The minimum absolute atomic E-state index is 0.103. The Balaban J connectivity index is 1.61. The van der Waals surface area contributed by atoms with Gasteiger partial charge in [0.1, 0.15) is 28.5 Å². The quantitative estimate of drug-likeness (QED) is 0.568. The van der Waals surface area contributed by atoms with Gasteiger partial charge in [0, 0.05) is 11.4 Å². The number of methoxy groups -OCH3 is 2. The number of hydrogen-bond acceptors (Lipinski definition) is 5. The van der Waals surface area contributed by atoms with Gasteiger partial charge in [0.15, 0.2) is 0 Å².